The molecule has 0 spiro atoms. The van der Waals surface area contributed by atoms with E-state index in [1.807, 2.05) is 34.9 Å². The Morgan fingerprint density at radius 2 is 2.09 bits per heavy atom. The summed E-state index contributed by atoms with van der Waals surface area (Å²) in [6, 6.07) is 11.5. The van der Waals surface area contributed by atoms with Gasteiger partial charge in [0.15, 0.2) is 5.78 Å². The minimum atomic E-state index is -0.119. The van der Waals surface area contributed by atoms with Crippen LogP contribution in [0.3, 0.4) is 0 Å². The normalized spacial score (nSPS) is 10.3. The van der Waals surface area contributed by atoms with Crippen LogP contribution in [0.15, 0.2) is 36.8 Å². The molecule has 7 nitrogen and oxygen atoms in total. The molecule has 2 heterocycles. The fourth-order valence-electron chi connectivity index (χ4n) is 2.48. The van der Waals surface area contributed by atoms with E-state index in [0.717, 1.165) is 10.9 Å². The van der Waals surface area contributed by atoms with E-state index < -0.39 is 0 Å². The molecule has 7 heteroatoms. The van der Waals surface area contributed by atoms with Gasteiger partial charge < -0.3 is 4.57 Å². The van der Waals surface area contributed by atoms with Crippen molar-refractivity contribution in [3.8, 4) is 12.1 Å². The van der Waals surface area contributed by atoms with Crippen LogP contribution in [0, 0.1) is 22.7 Å². The van der Waals surface area contributed by atoms with Crippen molar-refractivity contribution < 1.29 is 4.79 Å². The summed E-state index contributed by atoms with van der Waals surface area (Å²) >= 11 is 0. The SMILES string of the molecule is N#CCCn1cc(C(=O)Cn2cnc(C#N)n2)c2ccccc21. The molecule has 0 radical (unpaired) electrons. The maximum Gasteiger partial charge on any atom is 0.252 e. The van der Waals surface area contributed by atoms with Crippen LogP contribution in [0.4, 0.5) is 0 Å². The number of Topliss-reactive ketones (excluding diaryl/α,β-unsaturated/α-hetero) is 1. The molecular weight excluding hydrogens is 292 g/mol. The number of aryl methyl sites for hydroxylation is 1. The summed E-state index contributed by atoms with van der Waals surface area (Å²) in [5, 5.41) is 22.2. The van der Waals surface area contributed by atoms with Crippen molar-refractivity contribution in [1.29, 1.82) is 10.5 Å². The highest BCUT2D eigenvalue weighted by atomic mass is 16.1. The lowest BCUT2D eigenvalue weighted by Gasteiger charge is -2.00. The number of carbonyl (C=O) groups excluding carboxylic acids is 1. The first-order valence-electron chi connectivity index (χ1n) is 7.00. The topological polar surface area (TPSA) is 100 Å². The Kier molecular flexibility index (Phi) is 3.86. The molecule has 0 fully saturated rings. The fourth-order valence-corrected chi connectivity index (χ4v) is 2.48. The molecule has 0 amide bonds. The van der Waals surface area contributed by atoms with E-state index in [0.29, 0.717) is 18.5 Å². The van der Waals surface area contributed by atoms with Crippen molar-refractivity contribution in [3.63, 3.8) is 0 Å². The van der Waals surface area contributed by atoms with E-state index in [1.165, 1.54) is 11.0 Å². The third-order valence-electron chi connectivity index (χ3n) is 3.50. The summed E-state index contributed by atoms with van der Waals surface area (Å²) in [5.74, 6) is -0.0828. The van der Waals surface area contributed by atoms with Gasteiger partial charge in [-0.1, -0.05) is 18.2 Å². The average Bonchev–Trinajstić information content (AvgIpc) is 3.17. The first kappa shape index (κ1) is 14.5. The molecule has 0 saturated heterocycles. The van der Waals surface area contributed by atoms with Crippen LogP contribution in [0.25, 0.3) is 10.9 Å². The lowest BCUT2D eigenvalue weighted by atomic mass is 10.1. The molecule has 0 atom stereocenters. The number of aromatic nitrogens is 4. The van der Waals surface area contributed by atoms with Crippen molar-refractivity contribution in [2.75, 3.05) is 0 Å². The van der Waals surface area contributed by atoms with E-state index in [-0.39, 0.29) is 18.2 Å². The predicted molar refractivity (Wildman–Crippen MR) is 81.2 cm³/mol. The Morgan fingerprint density at radius 1 is 1.26 bits per heavy atom. The number of nitrogens with zero attached hydrogens (tertiary/aromatic N) is 6. The Labute approximate surface area is 132 Å². The van der Waals surface area contributed by atoms with Gasteiger partial charge in [-0.25, -0.2) is 9.67 Å². The molecule has 0 aliphatic carbocycles. The van der Waals surface area contributed by atoms with E-state index in [2.05, 4.69) is 16.2 Å². The van der Waals surface area contributed by atoms with Gasteiger partial charge in [0, 0.05) is 29.2 Å². The van der Waals surface area contributed by atoms with Crippen LogP contribution in [-0.2, 0) is 13.1 Å². The van der Waals surface area contributed by atoms with Crippen molar-refractivity contribution >= 4 is 16.7 Å². The third kappa shape index (κ3) is 2.81. The van der Waals surface area contributed by atoms with Gasteiger partial charge in [-0.2, -0.15) is 10.5 Å². The van der Waals surface area contributed by atoms with Crippen LogP contribution >= 0.6 is 0 Å². The lowest BCUT2D eigenvalue weighted by molar-refractivity contribution is 0.0969. The summed E-state index contributed by atoms with van der Waals surface area (Å²) in [7, 11) is 0. The number of rotatable bonds is 5. The third-order valence-corrected chi connectivity index (χ3v) is 3.50. The number of ketones is 1. The second-order valence-electron chi connectivity index (χ2n) is 4.96. The van der Waals surface area contributed by atoms with Crippen LogP contribution in [0.1, 0.15) is 22.6 Å². The largest absolute Gasteiger partial charge is 0.346 e. The van der Waals surface area contributed by atoms with E-state index >= 15 is 0 Å². The molecule has 0 N–H and O–H groups in total. The first-order valence-corrected chi connectivity index (χ1v) is 7.00. The van der Waals surface area contributed by atoms with Gasteiger partial charge in [0.2, 0.25) is 0 Å². The monoisotopic (exact) mass is 304 g/mol. The minimum Gasteiger partial charge on any atom is -0.346 e. The number of para-hydroxylation sites is 1. The zero-order chi connectivity index (χ0) is 16.2. The summed E-state index contributed by atoms with van der Waals surface area (Å²) in [4.78, 5) is 16.3. The highest BCUT2D eigenvalue weighted by Crippen LogP contribution is 2.22. The number of nitriles is 2. The van der Waals surface area contributed by atoms with Crippen LogP contribution < -0.4 is 0 Å². The van der Waals surface area contributed by atoms with Gasteiger partial charge >= 0.3 is 0 Å². The van der Waals surface area contributed by atoms with Gasteiger partial charge in [0.05, 0.1) is 12.5 Å². The van der Waals surface area contributed by atoms with Crippen molar-refractivity contribution in [1.82, 2.24) is 19.3 Å². The molecule has 3 aromatic rings. The summed E-state index contributed by atoms with van der Waals surface area (Å²) in [6.07, 6.45) is 3.51. The second-order valence-corrected chi connectivity index (χ2v) is 4.96. The van der Waals surface area contributed by atoms with Gasteiger partial charge in [-0.3, -0.25) is 4.79 Å². The summed E-state index contributed by atoms with van der Waals surface area (Å²) in [6.45, 7) is 0.549. The number of carbonyl (C=O) groups is 1. The van der Waals surface area contributed by atoms with Gasteiger partial charge in [-0.15, -0.1) is 5.10 Å². The summed E-state index contributed by atoms with van der Waals surface area (Å²) < 4.78 is 3.26. The van der Waals surface area contributed by atoms with Gasteiger partial charge in [-0.05, 0) is 6.07 Å². The smallest absolute Gasteiger partial charge is 0.252 e. The molecule has 0 unspecified atom stereocenters. The quantitative estimate of drug-likeness (QED) is 0.670. The van der Waals surface area contributed by atoms with Crippen LogP contribution in [0.2, 0.25) is 0 Å². The van der Waals surface area contributed by atoms with Crippen molar-refractivity contribution in [3.05, 3.63) is 48.2 Å². The molecule has 112 valence electrons. The van der Waals surface area contributed by atoms with Crippen molar-refractivity contribution in [2.45, 2.75) is 19.5 Å². The molecule has 0 bridgehead atoms. The van der Waals surface area contributed by atoms with E-state index in [1.54, 1.807) is 6.20 Å². The van der Waals surface area contributed by atoms with E-state index in [9.17, 15) is 4.79 Å². The molecule has 23 heavy (non-hydrogen) atoms. The lowest BCUT2D eigenvalue weighted by Crippen LogP contribution is -2.11. The molecule has 2 aromatic heterocycles. The van der Waals surface area contributed by atoms with Crippen LogP contribution in [-0.4, -0.2) is 25.1 Å². The Morgan fingerprint density at radius 3 is 2.83 bits per heavy atom. The maximum absolute atomic E-state index is 12.6. The Balaban J connectivity index is 1.94. The molecular formula is C16H12N6O. The first-order chi connectivity index (χ1) is 11.2. The number of benzene rings is 1. The predicted octanol–water partition coefficient (Wildman–Crippen LogP) is 1.90. The number of hydrogen-bond donors (Lipinski definition) is 0. The number of fused-ring (bicyclic) bond motifs is 1. The number of hydrogen-bond acceptors (Lipinski definition) is 5. The van der Waals surface area contributed by atoms with Gasteiger partial charge in [0.1, 0.15) is 18.9 Å². The average molecular weight is 304 g/mol. The maximum atomic E-state index is 12.6. The van der Waals surface area contributed by atoms with Crippen molar-refractivity contribution in [2.24, 2.45) is 0 Å². The Hall–Kier alpha value is -3.45. The zero-order valence-corrected chi connectivity index (χ0v) is 12.2. The zero-order valence-electron chi connectivity index (χ0n) is 12.2. The molecule has 1 aromatic carbocycles. The minimum absolute atomic E-state index is 0.0148. The molecule has 0 aliphatic heterocycles. The second kappa shape index (κ2) is 6.12. The van der Waals surface area contributed by atoms with Gasteiger partial charge in [0.25, 0.3) is 5.82 Å². The standard InChI is InChI=1S/C16H12N6O/c17-6-3-7-21-9-13(12-4-1-2-5-14(12)21)15(23)10-22-11-19-16(8-18)20-22/h1-2,4-5,9,11H,3,7,10H2. The Bertz CT molecular complexity index is 953. The molecule has 0 saturated carbocycles. The highest BCUT2D eigenvalue weighted by molar-refractivity contribution is 6.07. The summed E-state index contributed by atoms with van der Waals surface area (Å²) in [5.41, 5.74) is 1.50. The molecule has 0 aliphatic rings. The van der Waals surface area contributed by atoms with E-state index in [4.69, 9.17) is 10.5 Å². The molecule has 3 rings (SSSR count). The fraction of sp³-hybridized carbons (Fsp3) is 0.188. The van der Waals surface area contributed by atoms with Crippen LogP contribution in [0.5, 0.6) is 0 Å². The highest BCUT2D eigenvalue weighted by Gasteiger charge is 2.16.